The number of nitrogens with zero attached hydrogens (tertiary/aromatic N) is 3. The summed E-state index contributed by atoms with van der Waals surface area (Å²) in [4.78, 5) is 10.6. The quantitative estimate of drug-likeness (QED) is 0.588. The number of anilines is 1. The van der Waals surface area contributed by atoms with Gasteiger partial charge in [0.1, 0.15) is 29.6 Å². The molecule has 1 atom stereocenters. The molecule has 1 fully saturated rings. The summed E-state index contributed by atoms with van der Waals surface area (Å²) in [6.45, 7) is 10.3. The van der Waals surface area contributed by atoms with Gasteiger partial charge in [0.05, 0.1) is 6.20 Å². The van der Waals surface area contributed by atoms with Gasteiger partial charge >= 0.3 is 0 Å². The number of benzene rings is 1. The van der Waals surface area contributed by atoms with Gasteiger partial charge in [0.25, 0.3) is 0 Å². The predicted octanol–water partition coefficient (Wildman–Crippen LogP) is 3.58. The van der Waals surface area contributed by atoms with Crippen molar-refractivity contribution in [3.8, 4) is 0 Å². The number of aliphatic imine (C=N–C) groups is 1. The van der Waals surface area contributed by atoms with Gasteiger partial charge in [-0.1, -0.05) is 26.8 Å². The lowest BCUT2D eigenvalue weighted by atomic mass is 9.94. The summed E-state index contributed by atoms with van der Waals surface area (Å²) in [5, 5.41) is 6.54. The van der Waals surface area contributed by atoms with Crippen LogP contribution in [-0.2, 0) is 12.0 Å². The topological polar surface area (TPSA) is 65.7 Å². The zero-order chi connectivity index (χ0) is 21.0. The predicted molar refractivity (Wildman–Crippen MR) is 110 cm³/mol. The molecule has 0 spiro atoms. The Bertz CT molecular complexity index is 839. The van der Waals surface area contributed by atoms with E-state index in [4.69, 9.17) is 4.42 Å². The smallest absolute Gasteiger partial charge is 0.216 e. The van der Waals surface area contributed by atoms with Gasteiger partial charge in [-0.2, -0.15) is 0 Å². The summed E-state index contributed by atoms with van der Waals surface area (Å²) in [5.41, 5.74) is -0.0688. The van der Waals surface area contributed by atoms with Gasteiger partial charge in [-0.15, -0.1) is 0 Å². The Hall–Kier alpha value is -2.64. The van der Waals surface area contributed by atoms with Crippen molar-refractivity contribution in [2.24, 2.45) is 4.99 Å². The van der Waals surface area contributed by atoms with E-state index in [-0.39, 0.29) is 17.1 Å². The van der Waals surface area contributed by atoms with E-state index in [9.17, 15) is 8.78 Å². The van der Waals surface area contributed by atoms with E-state index in [1.165, 1.54) is 18.2 Å². The molecule has 29 heavy (non-hydrogen) atoms. The molecule has 2 aromatic rings. The molecule has 1 aromatic heterocycles. The zero-order valence-corrected chi connectivity index (χ0v) is 17.4. The van der Waals surface area contributed by atoms with E-state index >= 15 is 0 Å². The van der Waals surface area contributed by atoms with E-state index in [1.54, 1.807) is 11.1 Å². The van der Waals surface area contributed by atoms with Crippen molar-refractivity contribution in [1.29, 1.82) is 0 Å². The van der Waals surface area contributed by atoms with Gasteiger partial charge in [0.15, 0.2) is 5.96 Å². The fraction of sp³-hybridized carbons (Fsp3) is 0.524. The molecule has 1 saturated heterocycles. The third-order valence-corrected chi connectivity index (χ3v) is 4.79. The second kappa shape index (κ2) is 8.80. The maximum Gasteiger partial charge on any atom is 0.216 e. The van der Waals surface area contributed by atoms with E-state index in [0.717, 1.165) is 12.2 Å². The fourth-order valence-electron chi connectivity index (χ4n) is 3.26. The Morgan fingerprint density at radius 2 is 2.03 bits per heavy atom. The second-order valence-corrected chi connectivity index (χ2v) is 8.21. The van der Waals surface area contributed by atoms with E-state index in [1.807, 2.05) is 6.92 Å². The van der Waals surface area contributed by atoms with Crippen LogP contribution in [0.25, 0.3) is 0 Å². The summed E-state index contributed by atoms with van der Waals surface area (Å²) in [6.07, 6.45) is 2.49. The molecule has 0 saturated carbocycles. The molecule has 1 aromatic carbocycles. The lowest BCUT2D eigenvalue weighted by Crippen LogP contribution is -2.44. The number of guanidine groups is 1. The summed E-state index contributed by atoms with van der Waals surface area (Å²) in [5.74, 6) is 0.922. The number of hydrogen-bond donors (Lipinski definition) is 2. The molecule has 2 N–H and O–H groups in total. The van der Waals surface area contributed by atoms with Crippen LogP contribution in [-0.4, -0.2) is 36.6 Å². The van der Waals surface area contributed by atoms with Crippen molar-refractivity contribution in [3.63, 3.8) is 0 Å². The van der Waals surface area contributed by atoms with Crippen LogP contribution in [0.1, 0.15) is 45.8 Å². The third kappa shape index (κ3) is 5.25. The van der Waals surface area contributed by atoms with Gasteiger partial charge in [-0.25, -0.2) is 18.8 Å². The number of aromatic nitrogens is 1. The Morgan fingerprint density at radius 1 is 1.31 bits per heavy atom. The molecule has 2 heterocycles. The van der Waals surface area contributed by atoms with Crippen LogP contribution in [0.2, 0.25) is 0 Å². The molecule has 0 radical (unpaired) electrons. The standard InChI is InChI=1S/C21H29F2N5O/c1-5-24-20(26-12-18-25-11-17(29-18)21(2,3)4)27-14-9-10-28(13-14)19-15(22)7-6-8-16(19)23/h6-8,11,14H,5,9-10,12-13H2,1-4H3,(H2,24,26,27). The van der Waals surface area contributed by atoms with E-state index in [0.29, 0.717) is 38.0 Å². The van der Waals surface area contributed by atoms with Crippen LogP contribution in [0.3, 0.4) is 0 Å². The van der Waals surface area contributed by atoms with Gasteiger partial charge < -0.3 is 20.0 Å². The minimum absolute atomic E-state index is 0.0292. The minimum Gasteiger partial charge on any atom is -0.443 e. The number of rotatable bonds is 5. The molecule has 0 bridgehead atoms. The monoisotopic (exact) mass is 405 g/mol. The molecule has 1 unspecified atom stereocenters. The highest BCUT2D eigenvalue weighted by Gasteiger charge is 2.27. The molecule has 3 rings (SSSR count). The SMILES string of the molecule is CCNC(=NCc1ncc(C(C)(C)C)o1)NC1CCN(c2c(F)cccc2F)C1. The Labute approximate surface area is 170 Å². The maximum atomic E-state index is 14.1. The maximum absolute atomic E-state index is 14.1. The molecule has 0 amide bonds. The van der Waals surface area contributed by atoms with Crippen molar-refractivity contribution in [2.45, 2.75) is 52.1 Å². The average molecular weight is 405 g/mol. The van der Waals surface area contributed by atoms with Gasteiger partial charge in [0, 0.05) is 31.1 Å². The fourth-order valence-corrected chi connectivity index (χ4v) is 3.26. The third-order valence-electron chi connectivity index (χ3n) is 4.79. The van der Waals surface area contributed by atoms with Gasteiger partial charge in [-0.3, -0.25) is 0 Å². The molecule has 1 aliphatic rings. The van der Waals surface area contributed by atoms with Gasteiger partial charge in [-0.05, 0) is 25.5 Å². The molecule has 8 heteroatoms. The molecular weight excluding hydrogens is 376 g/mol. The Morgan fingerprint density at radius 3 is 2.66 bits per heavy atom. The first-order valence-corrected chi connectivity index (χ1v) is 9.97. The molecule has 0 aliphatic carbocycles. The molecular formula is C21H29F2N5O. The molecule has 158 valence electrons. The Kier molecular flexibility index (Phi) is 6.39. The van der Waals surface area contributed by atoms with Crippen molar-refractivity contribution < 1.29 is 13.2 Å². The first kappa shape index (κ1) is 21.1. The van der Waals surface area contributed by atoms with Crippen molar-refractivity contribution in [3.05, 3.63) is 47.7 Å². The number of hydrogen-bond acceptors (Lipinski definition) is 4. The van der Waals surface area contributed by atoms with Crippen LogP contribution in [0.5, 0.6) is 0 Å². The minimum atomic E-state index is -0.537. The highest BCUT2D eigenvalue weighted by molar-refractivity contribution is 5.80. The molecule has 1 aliphatic heterocycles. The first-order chi connectivity index (χ1) is 13.8. The van der Waals surface area contributed by atoms with E-state index in [2.05, 4.69) is 41.4 Å². The molecule has 6 nitrogen and oxygen atoms in total. The number of para-hydroxylation sites is 1. The van der Waals surface area contributed by atoms with Crippen molar-refractivity contribution in [2.75, 3.05) is 24.5 Å². The summed E-state index contributed by atoms with van der Waals surface area (Å²) < 4.78 is 33.9. The number of nitrogens with one attached hydrogen (secondary N) is 2. The van der Waals surface area contributed by atoms with Crippen LogP contribution >= 0.6 is 0 Å². The zero-order valence-electron chi connectivity index (χ0n) is 17.4. The highest BCUT2D eigenvalue weighted by atomic mass is 19.1. The lowest BCUT2D eigenvalue weighted by molar-refractivity contribution is 0.383. The van der Waals surface area contributed by atoms with E-state index < -0.39 is 11.6 Å². The van der Waals surface area contributed by atoms with Crippen molar-refractivity contribution in [1.82, 2.24) is 15.6 Å². The summed E-state index contributed by atoms with van der Waals surface area (Å²) in [7, 11) is 0. The van der Waals surface area contributed by atoms with Crippen molar-refractivity contribution >= 4 is 11.6 Å². The number of halogens is 2. The largest absolute Gasteiger partial charge is 0.443 e. The normalized spacial score (nSPS) is 17.7. The highest BCUT2D eigenvalue weighted by Crippen LogP contribution is 2.27. The van der Waals surface area contributed by atoms with Crippen LogP contribution in [0.15, 0.2) is 33.8 Å². The first-order valence-electron chi connectivity index (χ1n) is 9.97. The average Bonchev–Trinajstić information content (AvgIpc) is 3.29. The number of oxazole rings is 1. The second-order valence-electron chi connectivity index (χ2n) is 8.21. The Balaban J connectivity index is 1.63. The van der Waals surface area contributed by atoms with Crippen LogP contribution in [0, 0.1) is 11.6 Å². The van der Waals surface area contributed by atoms with Crippen LogP contribution < -0.4 is 15.5 Å². The summed E-state index contributed by atoms with van der Waals surface area (Å²) in [6, 6.07) is 3.98. The van der Waals surface area contributed by atoms with Crippen LogP contribution in [0.4, 0.5) is 14.5 Å². The summed E-state index contributed by atoms with van der Waals surface area (Å²) >= 11 is 0. The van der Waals surface area contributed by atoms with Gasteiger partial charge in [0.2, 0.25) is 5.89 Å². The lowest BCUT2D eigenvalue weighted by Gasteiger charge is -2.21.